The van der Waals surface area contributed by atoms with Crippen molar-refractivity contribution in [2.24, 2.45) is 0 Å². The summed E-state index contributed by atoms with van der Waals surface area (Å²) in [6, 6.07) is 0. The van der Waals surface area contributed by atoms with Gasteiger partial charge in [0.05, 0.1) is 0 Å². The predicted molar refractivity (Wildman–Crippen MR) is 46.5 cm³/mol. The van der Waals surface area contributed by atoms with Crippen LogP contribution < -0.4 is 0 Å². The van der Waals surface area contributed by atoms with E-state index in [1.165, 1.54) is 13.8 Å². The molecule has 0 aromatic carbocycles. The van der Waals surface area contributed by atoms with Crippen LogP contribution in [0.3, 0.4) is 0 Å². The number of hydrogen-bond donors (Lipinski definition) is 0. The van der Waals surface area contributed by atoms with Crippen molar-refractivity contribution in [1.29, 1.82) is 0 Å². The topological polar surface area (TPSA) is 52.6 Å². The molecule has 13 heavy (non-hydrogen) atoms. The molecule has 0 saturated heterocycles. The van der Waals surface area contributed by atoms with Gasteiger partial charge in [-0.25, -0.2) is 0 Å². The van der Waals surface area contributed by atoms with E-state index in [0.717, 1.165) is 6.42 Å². The molecule has 0 fully saturated rings. The lowest BCUT2D eigenvalue weighted by Gasteiger charge is -2.04. The van der Waals surface area contributed by atoms with Crippen LogP contribution in [-0.2, 0) is 19.1 Å². The summed E-state index contributed by atoms with van der Waals surface area (Å²) >= 11 is 0. The first-order valence-electron chi connectivity index (χ1n) is 4.13. The fourth-order valence-electron chi connectivity index (χ4n) is 0.650. The van der Waals surface area contributed by atoms with Gasteiger partial charge in [0.25, 0.3) is 5.95 Å². The molecule has 0 spiro atoms. The van der Waals surface area contributed by atoms with Gasteiger partial charge >= 0.3 is 11.9 Å². The summed E-state index contributed by atoms with van der Waals surface area (Å²) in [5.41, 5.74) is 0. The molecule has 0 amide bonds. The molecule has 0 atom stereocenters. The van der Waals surface area contributed by atoms with Crippen LogP contribution in [0.25, 0.3) is 0 Å². The minimum absolute atomic E-state index is 0.0261. The fraction of sp³-hybridized carbons (Fsp3) is 0.556. The number of carbonyl (C=O) groups excluding carboxylic acids is 2. The molecule has 4 nitrogen and oxygen atoms in total. The first kappa shape index (κ1) is 11.7. The number of hydrogen-bond acceptors (Lipinski definition) is 4. The molecule has 0 heterocycles. The second-order valence-corrected chi connectivity index (χ2v) is 2.50. The van der Waals surface area contributed by atoms with Crippen LogP contribution in [0.2, 0.25) is 0 Å². The van der Waals surface area contributed by atoms with Crippen molar-refractivity contribution in [1.82, 2.24) is 0 Å². The Labute approximate surface area is 77.5 Å². The van der Waals surface area contributed by atoms with Crippen molar-refractivity contribution in [2.75, 3.05) is 0 Å². The summed E-state index contributed by atoms with van der Waals surface area (Å²) in [7, 11) is 0. The van der Waals surface area contributed by atoms with Gasteiger partial charge in [-0.2, -0.15) is 0 Å². The van der Waals surface area contributed by atoms with E-state index in [1.54, 1.807) is 6.08 Å². The zero-order chi connectivity index (χ0) is 10.3. The summed E-state index contributed by atoms with van der Waals surface area (Å²) in [4.78, 5) is 21.1. The van der Waals surface area contributed by atoms with Gasteiger partial charge < -0.3 is 9.47 Å². The average molecular weight is 186 g/mol. The Balaban J connectivity index is 4.17. The van der Waals surface area contributed by atoms with Crippen LogP contribution in [-0.4, -0.2) is 11.9 Å². The third-order valence-corrected chi connectivity index (χ3v) is 1.09. The third kappa shape index (κ3) is 7.05. The number of rotatable bonds is 4. The van der Waals surface area contributed by atoms with Gasteiger partial charge in [-0.3, -0.25) is 9.59 Å². The van der Waals surface area contributed by atoms with E-state index < -0.39 is 11.9 Å². The lowest BCUT2D eigenvalue weighted by Crippen LogP contribution is -2.06. The highest BCUT2D eigenvalue weighted by molar-refractivity contribution is 5.69. The molecule has 0 saturated carbocycles. The van der Waals surface area contributed by atoms with Crippen molar-refractivity contribution >= 4 is 11.9 Å². The fourth-order valence-corrected chi connectivity index (χ4v) is 0.650. The van der Waals surface area contributed by atoms with E-state index >= 15 is 0 Å². The Morgan fingerprint density at radius 1 is 1.15 bits per heavy atom. The standard InChI is InChI=1S/C9H14O4/c1-4-5-6-9(12-7(2)10)13-8(3)11/h6H,4-5H2,1-3H3. The Bertz CT molecular complexity index is 200. The van der Waals surface area contributed by atoms with Crippen molar-refractivity contribution in [2.45, 2.75) is 33.6 Å². The first-order chi connectivity index (χ1) is 6.06. The predicted octanol–water partition coefficient (Wildman–Crippen LogP) is 1.75. The molecular weight excluding hydrogens is 172 g/mol. The highest BCUT2D eigenvalue weighted by atomic mass is 16.7. The molecule has 0 unspecified atom stereocenters. The van der Waals surface area contributed by atoms with Crippen LogP contribution in [0, 0.1) is 0 Å². The van der Waals surface area contributed by atoms with Crippen molar-refractivity contribution in [3.8, 4) is 0 Å². The molecule has 0 aliphatic heterocycles. The van der Waals surface area contributed by atoms with Gasteiger partial charge in [0.1, 0.15) is 0 Å². The van der Waals surface area contributed by atoms with E-state index in [9.17, 15) is 9.59 Å². The number of esters is 2. The average Bonchev–Trinajstić information content (AvgIpc) is 1.98. The largest absolute Gasteiger partial charge is 0.393 e. The lowest BCUT2D eigenvalue weighted by atomic mass is 10.3. The van der Waals surface area contributed by atoms with Crippen LogP contribution in [0.4, 0.5) is 0 Å². The van der Waals surface area contributed by atoms with E-state index in [2.05, 4.69) is 9.47 Å². The van der Waals surface area contributed by atoms with Gasteiger partial charge in [-0.15, -0.1) is 0 Å². The van der Waals surface area contributed by atoms with Crippen LogP contribution in [0.1, 0.15) is 33.6 Å². The maximum absolute atomic E-state index is 10.5. The SMILES string of the molecule is CCCC=C(OC(C)=O)OC(C)=O. The van der Waals surface area contributed by atoms with Crippen molar-refractivity contribution in [3.63, 3.8) is 0 Å². The molecule has 0 radical (unpaired) electrons. The van der Waals surface area contributed by atoms with E-state index in [4.69, 9.17) is 0 Å². The summed E-state index contributed by atoms with van der Waals surface area (Å²) in [6.07, 6.45) is 3.17. The van der Waals surface area contributed by atoms with Gasteiger partial charge in [0, 0.05) is 13.8 Å². The van der Waals surface area contributed by atoms with Gasteiger partial charge in [0.2, 0.25) is 0 Å². The minimum Gasteiger partial charge on any atom is -0.393 e. The summed E-state index contributed by atoms with van der Waals surface area (Å²) in [5, 5.41) is 0. The number of carbonyl (C=O) groups is 2. The molecule has 0 aliphatic rings. The monoisotopic (exact) mass is 186 g/mol. The van der Waals surface area contributed by atoms with Crippen LogP contribution in [0.5, 0.6) is 0 Å². The van der Waals surface area contributed by atoms with Gasteiger partial charge in [0.15, 0.2) is 0 Å². The summed E-state index contributed by atoms with van der Waals surface area (Å²) in [5.74, 6) is -1.02. The molecule has 0 aromatic heterocycles. The minimum atomic E-state index is -0.497. The van der Waals surface area contributed by atoms with Crippen LogP contribution in [0.15, 0.2) is 12.0 Å². The maximum atomic E-state index is 10.5. The molecule has 0 aliphatic carbocycles. The quantitative estimate of drug-likeness (QED) is 0.495. The van der Waals surface area contributed by atoms with E-state index in [-0.39, 0.29) is 5.95 Å². The second kappa shape index (κ2) is 6.22. The second-order valence-electron chi connectivity index (χ2n) is 2.50. The molecular formula is C9H14O4. The van der Waals surface area contributed by atoms with Crippen molar-refractivity contribution < 1.29 is 19.1 Å². The summed E-state index contributed by atoms with van der Waals surface area (Å²) in [6.45, 7) is 4.47. The van der Waals surface area contributed by atoms with Gasteiger partial charge in [-0.1, -0.05) is 13.3 Å². The zero-order valence-corrected chi connectivity index (χ0v) is 8.12. The number of allylic oxidation sites excluding steroid dienone is 1. The van der Waals surface area contributed by atoms with Gasteiger partial charge in [-0.05, 0) is 12.5 Å². The Kier molecular flexibility index (Phi) is 5.59. The Morgan fingerprint density at radius 3 is 1.92 bits per heavy atom. The summed E-state index contributed by atoms with van der Waals surface area (Å²) < 4.78 is 9.28. The maximum Gasteiger partial charge on any atom is 0.310 e. The normalized spacial score (nSPS) is 8.85. The lowest BCUT2D eigenvalue weighted by molar-refractivity contribution is -0.151. The molecule has 4 heteroatoms. The zero-order valence-electron chi connectivity index (χ0n) is 8.12. The molecule has 0 rings (SSSR count). The molecule has 0 bridgehead atoms. The Hall–Kier alpha value is -1.32. The number of ether oxygens (including phenoxy) is 2. The molecule has 0 aromatic rings. The molecule has 0 N–H and O–H groups in total. The highest BCUT2D eigenvalue weighted by Gasteiger charge is 2.05. The van der Waals surface area contributed by atoms with E-state index in [1.807, 2.05) is 6.92 Å². The third-order valence-electron chi connectivity index (χ3n) is 1.09. The Morgan fingerprint density at radius 2 is 1.62 bits per heavy atom. The number of unbranched alkanes of at least 4 members (excludes halogenated alkanes) is 1. The smallest absolute Gasteiger partial charge is 0.310 e. The van der Waals surface area contributed by atoms with Crippen LogP contribution >= 0.6 is 0 Å². The molecule has 74 valence electrons. The first-order valence-corrected chi connectivity index (χ1v) is 4.13. The van der Waals surface area contributed by atoms with E-state index in [0.29, 0.717) is 6.42 Å². The van der Waals surface area contributed by atoms with Crippen molar-refractivity contribution in [3.05, 3.63) is 12.0 Å². The highest BCUT2D eigenvalue weighted by Crippen LogP contribution is 2.04.